The van der Waals surface area contributed by atoms with E-state index in [1.54, 1.807) is 16.7 Å². The Bertz CT molecular complexity index is 547. The number of hydrogen-bond acceptors (Lipinski definition) is 6. The zero-order valence-electron chi connectivity index (χ0n) is 10.7. The lowest BCUT2D eigenvalue weighted by molar-refractivity contribution is -0.135. The van der Waals surface area contributed by atoms with Crippen molar-refractivity contribution >= 4 is 40.0 Å². The molecule has 1 aromatic rings. The first-order valence-electron chi connectivity index (χ1n) is 6.07. The molecule has 2 saturated heterocycles. The van der Waals surface area contributed by atoms with Gasteiger partial charge in [-0.1, -0.05) is 11.3 Å². The molecular formula is C11H14N4O2S2. The number of rotatable bonds is 2. The van der Waals surface area contributed by atoms with Gasteiger partial charge in [-0.25, -0.2) is 0 Å². The van der Waals surface area contributed by atoms with Crippen LogP contribution in [0.3, 0.4) is 0 Å². The Kier molecular flexibility index (Phi) is 3.01. The van der Waals surface area contributed by atoms with Gasteiger partial charge in [0.15, 0.2) is 0 Å². The number of nitrogens with one attached hydrogen (secondary N) is 1. The predicted octanol–water partition coefficient (Wildman–Crippen LogP) is 1.24. The normalized spacial score (nSPS) is 29.7. The number of carbonyl (C=O) groups excluding carboxylic acids is 2. The first kappa shape index (κ1) is 12.9. The van der Waals surface area contributed by atoms with E-state index in [2.05, 4.69) is 15.5 Å². The number of anilines is 1. The average molecular weight is 298 g/mol. The lowest BCUT2D eigenvalue weighted by Gasteiger charge is -2.29. The minimum atomic E-state index is -0.394. The van der Waals surface area contributed by atoms with Gasteiger partial charge in [-0.05, 0) is 20.3 Å². The molecule has 102 valence electrons. The van der Waals surface area contributed by atoms with Gasteiger partial charge in [0, 0.05) is 12.2 Å². The molecule has 8 heteroatoms. The number of hydrogen-bond donors (Lipinski definition) is 1. The molecule has 0 spiro atoms. The number of aryl methyl sites for hydroxylation is 1. The third-order valence-corrected chi connectivity index (χ3v) is 5.76. The largest absolute Gasteiger partial charge is 0.315 e. The van der Waals surface area contributed by atoms with E-state index in [0.29, 0.717) is 17.3 Å². The standard InChI is InChI=1S/C11H14N4O2S2/c1-6-13-14-10(19-6)12-9(17)7-5-18-11(2)4-3-8(16)15(7)11/h7H,3-5H2,1-2H3,(H,12,14,17)/t7-,11-/m1/s1. The van der Waals surface area contributed by atoms with Crippen molar-refractivity contribution < 1.29 is 9.59 Å². The van der Waals surface area contributed by atoms with Crippen molar-refractivity contribution in [2.75, 3.05) is 11.1 Å². The molecule has 0 aromatic carbocycles. The first-order chi connectivity index (χ1) is 8.99. The van der Waals surface area contributed by atoms with Crippen molar-refractivity contribution in [1.82, 2.24) is 15.1 Å². The van der Waals surface area contributed by atoms with Gasteiger partial charge >= 0.3 is 0 Å². The molecule has 2 fully saturated rings. The van der Waals surface area contributed by atoms with Crippen LogP contribution in [0.15, 0.2) is 0 Å². The third-order valence-electron chi connectivity index (χ3n) is 3.50. The van der Waals surface area contributed by atoms with Crippen LogP contribution in [0.4, 0.5) is 5.13 Å². The summed E-state index contributed by atoms with van der Waals surface area (Å²) in [5, 5.41) is 11.8. The molecule has 1 aromatic heterocycles. The Morgan fingerprint density at radius 1 is 1.53 bits per heavy atom. The summed E-state index contributed by atoms with van der Waals surface area (Å²) in [6, 6.07) is -0.394. The Labute approximate surface area is 119 Å². The van der Waals surface area contributed by atoms with Crippen molar-refractivity contribution in [3.63, 3.8) is 0 Å². The highest BCUT2D eigenvalue weighted by molar-refractivity contribution is 8.01. The topological polar surface area (TPSA) is 75.2 Å². The number of aromatic nitrogens is 2. The summed E-state index contributed by atoms with van der Waals surface area (Å²) in [5.41, 5.74) is 0. The third kappa shape index (κ3) is 2.12. The summed E-state index contributed by atoms with van der Waals surface area (Å²) < 4.78 is 0. The van der Waals surface area contributed by atoms with Gasteiger partial charge in [0.1, 0.15) is 11.0 Å². The van der Waals surface area contributed by atoms with E-state index < -0.39 is 6.04 Å². The zero-order valence-corrected chi connectivity index (χ0v) is 12.3. The van der Waals surface area contributed by atoms with E-state index in [-0.39, 0.29) is 16.7 Å². The van der Waals surface area contributed by atoms with Gasteiger partial charge < -0.3 is 4.90 Å². The van der Waals surface area contributed by atoms with Gasteiger partial charge in [-0.15, -0.1) is 22.0 Å². The molecule has 3 heterocycles. The minimum absolute atomic E-state index is 0.0705. The average Bonchev–Trinajstić information content (AvgIpc) is 2.97. The smallest absolute Gasteiger partial charge is 0.249 e. The van der Waals surface area contributed by atoms with E-state index in [1.165, 1.54) is 11.3 Å². The van der Waals surface area contributed by atoms with Gasteiger partial charge in [0.05, 0.1) is 4.87 Å². The summed E-state index contributed by atoms with van der Waals surface area (Å²) in [5.74, 6) is 0.551. The van der Waals surface area contributed by atoms with E-state index in [4.69, 9.17) is 0 Å². The maximum Gasteiger partial charge on any atom is 0.249 e. The Morgan fingerprint density at radius 2 is 2.32 bits per heavy atom. The molecular weight excluding hydrogens is 284 g/mol. The van der Waals surface area contributed by atoms with Gasteiger partial charge in [-0.3, -0.25) is 14.9 Å². The molecule has 0 aliphatic carbocycles. The summed E-state index contributed by atoms with van der Waals surface area (Å²) in [6.07, 6.45) is 1.35. The van der Waals surface area contributed by atoms with Crippen molar-refractivity contribution in [2.45, 2.75) is 37.6 Å². The van der Waals surface area contributed by atoms with Crippen LogP contribution in [0.1, 0.15) is 24.8 Å². The maximum atomic E-state index is 12.3. The maximum absolute atomic E-state index is 12.3. The SMILES string of the molecule is Cc1nnc(NC(=O)[C@H]2CS[C@]3(C)CCC(=O)N23)s1. The fraction of sp³-hybridized carbons (Fsp3) is 0.636. The molecule has 1 N–H and O–H groups in total. The van der Waals surface area contributed by atoms with E-state index in [1.807, 2.05) is 13.8 Å². The van der Waals surface area contributed by atoms with Crippen molar-refractivity contribution in [2.24, 2.45) is 0 Å². The second-order valence-electron chi connectivity index (χ2n) is 4.88. The summed E-state index contributed by atoms with van der Waals surface area (Å²) >= 11 is 3.02. The molecule has 3 rings (SSSR count). The minimum Gasteiger partial charge on any atom is -0.315 e. The summed E-state index contributed by atoms with van der Waals surface area (Å²) in [7, 11) is 0. The van der Waals surface area contributed by atoms with Crippen LogP contribution >= 0.6 is 23.1 Å². The highest BCUT2D eigenvalue weighted by atomic mass is 32.2. The van der Waals surface area contributed by atoms with Crippen LogP contribution in [-0.2, 0) is 9.59 Å². The van der Waals surface area contributed by atoms with Crippen molar-refractivity contribution in [3.05, 3.63) is 5.01 Å². The number of thioether (sulfide) groups is 1. The molecule has 2 amide bonds. The molecule has 2 atom stereocenters. The van der Waals surface area contributed by atoms with Crippen LogP contribution in [-0.4, -0.2) is 43.6 Å². The number of fused-ring (bicyclic) bond motifs is 1. The van der Waals surface area contributed by atoms with Crippen molar-refractivity contribution in [3.8, 4) is 0 Å². The monoisotopic (exact) mass is 298 g/mol. The fourth-order valence-electron chi connectivity index (χ4n) is 2.55. The molecule has 2 aliphatic heterocycles. The quantitative estimate of drug-likeness (QED) is 0.889. The van der Waals surface area contributed by atoms with Crippen LogP contribution < -0.4 is 5.32 Å². The Hall–Kier alpha value is -1.15. The van der Waals surface area contributed by atoms with Crippen LogP contribution in [0, 0.1) is 6.92 Å². The molecule has 6 nitrogen and oxygen atoms in total. The number of amides is 2. The van der Waals surface area contributed by atoms with Gasteiger partial charge in [0.2, 0.25) is 16.9 Å². The van der Waals surface area contributed by atoms with Crippen LogP contribution in [0.25, 0.3) is 0 Å². The summed E-state index contributed by atoms with van der Waals surface area (Å²) in [4.78, 5) is 25.7. The Morgan fingerprint density at radius 3 is 3.00 bits per heavy atom. The van der Waals surface area contributed by atoms with E-state index >= 15 is 0 Å². The molecule has 0 radical (unpaired) electrons. The Balaban J connectivity index is 1.76. The highest BCUT2D eigenvalue weighted by Gasteiger charge is 2.52. The fourth-order valence-corrected chi connectivity index (χ4v) is 4.58. The molecule has 0 bridgehead atoms. The van der Waals surface area contributed by atoms with Crippen LogP contribution in [0.2, 0.25) is 0 Å². The molecule has 0 saturated carbocycles. The predicted molar refractivity (Wildman–Crippen MR) is 74.0 cm³/mol. The summed E-state index contributed by atoms with van der Waals surface area (Å²) in [6.45, 7) is 3.87. The first-order valence-corrected chi connectivity index (χ1v) is 7.87. The number of carbonyl (C=O) groups is 2. The lowest BCUT2D eigenvalue weighted by atomic mass is 10.2. The lowest BCUT2D eigenvalue weighted by Crippen LogP contribution is -2.48. The molecule has 19 heavy (non-hydrogen) atoms. The second-order valence-corrected chi connectivity index (χ2v) is 7.56. The van der Waals surface area contributed by atoms with Gasteiger partial charge in [0.25, 0.3) is 0 Å². The molecule has 0 unspecified atom stereocenters. The van der Waals surface area contributed by atoms with Gasteiger partial charge in [-0.2, -0.15) is 0 Å². The second kappa shape index (κ2) is 4.45. The van der Waals surface area contributed by atoms with E-state index in [0.717, 1.165) is 11.4 Å². The van der Waals surface area contributed by atoms with E-state index in [9.17, 15) is 9.59 Å². The van der Waals surface area contributed by atoms with Crippen molar-refractivity contribution in [1.29, 1.82) is 0 Å². The van der Waals surface area contributed by atoms with Crippen LogP contribution in [0.5, 0.6) is 0 Å². The number of nitrogens with zero attached hydrogens (tertiary/aromatic N) is 3. The molecule has 2 aliphatic rings. The zero-order chi connectivity index (χ0) is 13.6. The highest BCUT2D eigenvalue weighted by Crippen LogP contribution is 2.47.